The zero-order chi connectivity index (χ0) is 18.2. The number of benzene rings is 1. The molecule has 0 fully saturated rings. The molecule has 0 amide bonds. The Morgan fingerprint density at radius 2 is 1.69 bits per heavy atom. The van der Waals surface area contributed by atoms with Crippen molar-refractivity contribution in [1.29, 1.82) is 0 Å². The van der Waals surface area contributed by atoms with Crippen molar-refractivity contribution in [2.24, 2.45) is 0 Å². The molecule has 26 heavy (non-hydrogen) atoms. The zero-order valence-electron chi connectivity index (χ0n) is 16.0. The minimum Gasteiger partial charge on any atom is -0.353 e. The van der Waals surface area contributed by atoms with E-state index >= 15 is 0 Å². The largest absolute Gasteiger partial charge is 0.396 e. The Kier molecular flexibility index (Phi) is 6.62. The van der Waals surface area contributed by atoms with Gasteiger partial charge in [-0.15, -0.1) is 0 Å². The molecule has 0 saturated carbocycles. The van der Waals surface area contributed by atoms with Gasteiger partial charge in [0.15, 0.2) is 0 Å². The number of anilines is 1. The van der Waals surface area contributed by atoms with Crippen LogP contribution < -0.4 is 9.47 Å². The number of aromatic nitrogens is 2. The van der Waals surface area contributed by atoms with Crippen LogP contribution in [0.4, 0.5) is 5.95 Å². The second kappa shape index (κ2) is 9.13. The van der Waals surface area contributed by atoms with Crippen LogP contribution in [-0.2, 0) is 12.3 Å². The number of aliphatic hydroxyl groups is 1. The molecule has 4 nitrogen and oxygen atoms in total. The summed E-state index contributed by atoms with van der Waals surface area (Å²) in [7, 11) is 0. The van der Waals surface area contributed by atoms with Gasteiger partial charge in [0.25, 0.3) is 0 Å². The average molecular weight is 355 g/mol. The lowest BCUT2D eigenvalue weighted by Crippen LogP contribution is -2.46. The van der Waals surface area contributed by atoms with Gasteiger partial charge in [0, 0.05) is 11.6 Å². The van der Waals surface area contributed by atoms with Crippen LogP contribution in [0.25, 0.3) is 0 Å². The molecule has 140 valence electrons. The summed E-state index contributed by atoms with van der Waals surface area (Å²) in [5.41, 5.74) is -0.0749. The number of nitrogens with zero attached hydrogens (tertiary/aromatic N) is 3. The minimum absolute atomic E-state index is 0.525. The fourth-order valence-electron chi connectivity index (χ4n) is 3.87. The van der Waals surface area contributed by atoms with Crippen molar-refractivity contribution in [2.75, 3.05) is 11.4 Å². The van der Waals surface area contributed by atoms with E-state index in [4.69, 9.17) is 0 Å². The maximum Gasteiger partial charge on any atom is 0.396 e. The van der Waals surface area contributed by atoms with Crippen molar-refractivity contribution in [2.45, 2.75) is 70.6 Å². The van der Waals surface area contributed by atoms with Crippen molar-refractivity contribution >= 4 is 5.95 Å². The predicted octanol–water partition coefficient (Wildman–Crippen LogP) is 4.18. The Balaban J connectivity index is 1.61. The molecular formula is C22H32N3O+. The topological polar surface area (TPSA) is 40.2 Å². The lowest BCUT2D eigenvalue weighted by molar-refractivity contribution is -0.685. The molecule has 0 unspecified atom stereocenters. The van der Waals surface area contributed by atoms with E-state index in [0.717, 1.165) is 24.5 Å². The molecule has 1 aliphatic heterocycles. The molecule has 1 aromatic carbocycles. The predicted molar refractivity (Wildman–Crippen MR) is 105 cm³/mol. The van der Waals surface area contributed by atoms with Crippen LogP contribution in [-0.4, -0.2) is 16.6 Å². The summed E-state index contributed by atoms with van der Waals surface area (Å²) in [4.78, 5) is 6.62. The molecule has 0 spiro atoms. The third-order valence-electron chi connectivity index (χ3n) is 5.35. The lowest BCUT2D eigenvalue weighted by Gasteiger charge is -2.28. The first-order chi connectivity index (χ1) is 12.8. The van der Waals surface area contributed by atoms with Crippen LogP contribution in [0.2, 0.25) is 0 Å². The van der Waals surface area contributed by atoms with Crippen molar-refractivity contribution in [3.8, 4) is 0 Å². The summed E-state index contributed by atoms with van der Waals surface area (Å²) in [6, 6.07) is 11.9. The van der Waals surface area contributed by atoms with Crippen LogP contribution >= 0.6 is 0 Å². The van der Waals surface area contributed by atoms with Crippen LogP contribution in [0, 0.1) is 0 Å². The van der Waals surface area contributed by atoms with Gasteiger partial charge in [-0.1, -0.05) is 87.2 Å². The first-order valence-corrected chi connectivity index (χ1v) is 10.2. The van der Waals surface area contributed by atoms with Crippen molar-refractivity contribution in [3.05, 3.63) is 54.4 Å². The van der Waals surface area contributed by atoms with E-state index in [9.17, 15) is 5.11 Å². The van der Waals surface area contributed by atoms with E-state index in [0.29, 0.717) is 6.54 Å². The maximum atomic E-state index is 11.5. The summed E-state index contributed by atoms with van der Waals surface area (Å²) < 4.78 is 2.05. The van der Waals surface area contributed by atoms with Gasteiger partial charge in [-0.25, -0.2) is 9.47 Å². The van der Waals surface area contributed by atoms with Gasteiger partial charge in [0.2, 0.25) is 5.72 Å². The number of unbranched alkanes of at least 4 members (excludes halogenated alkanes) is 7. The number of hydrogen-bond acceptors (Lipinski definition) is 3. The Morgan fingerprint density at radius 1 is 1.00 bits per heavy atom. The van der Waals surface area contributed by atoms with E-state index in [2.05, 4.69) is 21.4 Å². The molecule has 3 rings (SSSR count). The molecule has 2 heterocycles. The molecule has 0 aliphatic carbocycles. The average Bonchev–Trinajstić information content (AvgIpc) is 2.97. The summed E-state index contributed by atoms with van der Waals surface area (Å²) >= 11 is 0. The van der Waals surface area contributed by atoms with Gasteiger partial charge in [-0.05, 0) is 6.42 Å². The van der Waals surface area contributed by atoms with Gasteiger partial charge in [0.1, 0.15) is 12.7 Å². The molecule has 1 atom stereocenters. The van der Waals surface area contributed by atoms with E-state index in [1.165, 1.54) is 44.9 Å². The van der Waals surface area contributed by atoms with Gasteiger partial charge in [0.05, 0.1) is 12.7 Å². The highest BCUT2D eigenvalue weighted by Gasteiger charge is 2.50. The first kappa shape index (κ1) is 18.8. The molecule has 4 heteroatoms. The fourth-order valence-corrected chi connectivity index (χ4v) is 3.87. The van der Waals surface area contributed by atoms with Crippen molar-refractivity contribution < 1.29 is 9.67 Å². The number of fused-ring (bicyclic) bond motifs is 1. The molecule has 1 aromatic heterocycles. The quantitative estimate of drug-likeness (QED) is 0.514. The normalized spacial score (nSPS) is 18.9. The molecule has 1 aliphatic rings. The molecule has 0 bridgehead atoms. The highest BCUT2D eigenvalue weighted by atomic mass is 16.3. The van der Waals surface area contributed by atoms with E-state index in [-0.39, 0.29) is 0 Å². The van der Waals surface area contributed by atoms with Crippen LogP contribution in [0.5, 0.6) is 0 Å². The second-order valence-electron chi connectivity index (χ2n) is 7.36. The van der Waals surface area contributed by atoms with Crippen LogP contribution in [0.3, 0.4) is 0 Å². The molecular weight excluding hydrogens is 322 g/mol. The third kappa shape index (κ3) is 4.24. The van der Waals surface area contributed by atoms with Gasteiger partial charge < -0.3 is 5.11 Å². The van der Waals surface area contributed by atoms with Crippen LogP contribution in [0.15, 0.2) is 48.8 Å². The SMILES string of the molecule is CCCCCCCCCCN1c2nccc[n+]2C[C@@]1(O)c1ccccc1. The Labute approximate surface area is 157 Å². The van der Waals surface area contributed by atoms with Crippen molar-refractivity contribution in [1.82, 2.24) is 4.98 Å². The van der Waals surface area contributed by atoms with Crippen LogP contribution in [0.1, 0.15) is 63.9 Å². The van der Waals surface area contributed by atoms with Gasteiger partial charge in [-0.2, -0.15) is 0 Å². The number of hydrogen-bond donors (Lipinski definition) is 1. The zero-order valence-corrected chi connectivity index (χ0v) is 16.0. The smallest absolute Gasteiger partial charge is 0.353 e. The monoisotopic (exact) mass is 354 g/mol. The lowest BCUT2D eigenvalue weighted by atomic mass is 10.0. The van der Waals surface area contributed by atoms with Gasteiger partial charge >= 0.3 is 5.95 Å². The highest BCUT2D eigenvalue weighted by Crippen LogP contribution is 2.33. The Bertz CT molecular complexity index is 676. The first-order valence-electron chi connectivity index (χ1n) is 10.2. The molecule has 0 radical (unpaired) electrons. The molecule has 0 saturated heterocycles. The maximum absolute atomic E-state index is 11.5. The Morgan fingerprint density at radius 3 is 2.42 bits per heavy atom. The highest BCUT2D eigenvalue weighted by molar-refractivity contribution is 5.37. The Hall–Kier alpha value is -1.94. The molecule has 1 N–H and O–H groups in total. The van der Waals surface area contributed by atoms with E-state index in [1.54, 1.807) is 0 Å². The minimum atomic E-state index is -1.01. The third-order valence-corrected chi connectivity index (χ3v) is 5.35. The van der Waals surface area contributed by atoms with E-state index in [1.807, 2.05) is 48.8 Å². The number of rotatable bonds is 10. The second-order valence-corrected chi connectivity index (χ2v) is 7.36. The van der Waals surface area contributed by atoms with E-state index < -0.39 is 5.72 Å². The summed E-state index contributed by atoms with van der Waals surface area (Å²) in [6.07, 6.45) is 14.1. The summed E-state index contributed by atoms with van der Waals surface area (Å²) in [5.74, 6) is 0.863. The molecule has 2 aromatic rings. The standard InChI is InChI=1S/C22H32N3O/c1-2-3-4-5-6-7-8-12-18-25-21-23-16-13-17-24(21)19-22(25,26)20-14-10-9-11-15-20/h9-11,13-17,26H,2-8,12,18-19H2,1H3/q+1/t22-/m1/s1. The fraction of sp³-hybridized carbons (Fsp3) is 0.545. The summed E-state index contributed by atoms with van der Waals surface area (Å²) in [5, 5.41) is 11.5. The van der Waals surface area contributed by atoms with Gasteiger partial charge in [-0.3, -0.25) is 0 Å². The summed E-state index contributed by atoms with van der Waals surface area (Å²) in [6.45, 7) is 3.61. The van der Waals surface area contributed by atoms with Crippen molar-refractivity contribution in [3.63, 3.8) is 0 Å².